The van der Waals surface area contributed by atoms with Gasteiger partial charge in [0.05, 0.1) is 11.7 Å². The van der Waals surface area contributed by atoms with Crippen LogP contribution in [0.3, 0.4) is 0 Å². The Hall–Kier alpha value is -0.650. The monoisotopic (exact) mass is 221 g/mol. The molecule has 6 heteroatoms. The van der Waals surface area contributed by atoms with E-state index >= 15 is 0 Å². The van der Waals surface area contributed by atoms with Gasteiger partial charge in [-0.05, 0) is 13.8 Å². The number of aryl methyl sites for hydroxylation is 1. The van der Waals surface area contributed by atoms with Gasteiger partial charge in [-0.15, -0.1) is 23.7 Å². The van der Waals surface area contributed by atoms with Crippen LogP contribution in [0.25, 0.3) is 0 Å². The molecule has 1 aromatic heterocycles. The average Bonchev–Trinajstić information content (AvgIpc) is 2.35. The molecule has 1 aromatic rings. The lowest BCUT2D eigenvalue weighted by Gasteiger charge is -2.03. The fourth-order valence-electron chi connectivity index (χ4n) is 0.631. The molecule has 1 amide bonds. The number of aromatic nitrogens is 1. The van der Waals surface area contributed by atoms with Gasteiger partial charge in [-0.1, -0.05) is 0 Å². The quantitative estimate of drug-likeness (QED) is 0.788. The third kappa shape index (κ3) is 3.71. The lowest BCUT2D eigenvalue weighted by molar-refractivity contribution is -0.117. The van der Waals surface area contributed by atoms with Crippen molar-refractivity contribution in [3.8, 4) is 0 Å². The second-order valence-corrected chi connectivity index (χ2v) is 3.43. The Morgan fingerprint density at radius 1 is 1.77 bits per heavy atom. The smallest absolute Gasteiger partial charge is 0.242 e. The molecule has 1 atom stereocenters. The van der Waals surface area contributed by atoms with Gasteiger partial charge in [-0.25, -0.2) is 4.98 Å². The van der Waals surface area contributed by atoms with Crippen molar-refractivity contribution in [2.75, 3.05) is 5.32 Å². The minimum atomic E-state index is -0.491. The van der Waals surface area contributed by atoms with Gasteiger partial charge in [0.15, 0.2) is 5.13 Å². The topological polar surface area (TPSA) is 68.0 Å². The summed E-state index contributed by atoms with van der Waals surface area (Å²) in [7, 11) is 0. The van der Waals surface area contributed by atoms with Crippen molar-refractivity contribution in [2.45, 2.75) is 19.9 Å². The zero-order chi connectivity index (χ0) is 9.14. The van der Waals surface area contributed by atoms with E-state index in [0.717, 1.165) is 5.69 Å². The molecule has 13 heavy (non-hydrogen) atoms. The minimum Gasteiger partial charge on any atom is -0.320 e. The van der Waals surface area contributed by atoms with Crippen molar-refractivity contribution in [2.24, 2.45) is 5.73 Å². The number of hydrogen-bond donors (Lipinski definition) is 2. The van der Waals surface area contributed by atoms with Crippen molar-refractivity contribution < 1.29 is 4.79 Å². The van der Waals surface area contributed by atoms with E-state index in [1.165, 1.54) is 11.3 Å². The number of carbonyl (C=O) groups is 1. The molecule has 0 saturated carbocycles. The second kappa shape index (κ2) is 5.16. The highest BCUT2D eigenvalue weighted by molar-refractivity contribution is 7.13. The van der Waals surface area contributed by atoms with Crippen molar-refractivity contribution in [1.29, 1.82) is 0 Å². The van der Waals surface area contributed by atoms with Gasteiger partial charge < -0.3 is 11.1 Å². The van der Waals surface area contributed by atoms with Gasteiger partial charge in [0.25, 0.3) is 0 Å². The molecule has 3 N–H and O–H groups in total. The van der Waals surface area contributed by atoms with Crippen LogP contribution in [-0.4, -0.2) is 16.9 Å². The number of halogens is 1. The van der Waals surface area contributed by atoms with Crippen LogP contribution in [0.4, 0.5) is 5.13 Å². The van der Waals surface area contributed by atoms with Crippen LogP contribution in [-0.2, 0) is 4.79 Å². The molecule has 0 aliphatic carbocycles. The van der Waals surface area contributed by atoms with Crippen LogP contribution >= 0.6 is 23.7 Å². The maximum Gasteiger partial charge on any atom is 0.242 e. The van der Waals surface area contributed by atoms with Crippen LogP contribution < -0.4 is 11.1 Å². The van der Waals surface area contributed by atoms with Gasteiger partial charge in [0.2, 0.25) is 5.91 Å². The highest BCUT2D eigenvalue weighted by Gasteiger charge is 2.08. The summed E-state index contributed by atoms with van der Waals surface area (Å²) in [5, 5.41) is 5.08. The zero-order valence-electron chi connectivity index (χ0n) is 7.40. The van der Waals surface area contributed by atoms with Crippen LogP contribution in [0.1, 0.15) is 12.6 Å². The van der Waals surface area contributed by atoms with E-state index in [1.807, 2.05) is 12.3 Å². The summed E-state index contributed by atoms with van der Waals surface area (Å²) < 4.78 is 0. The van der Waals surface area contributed by atoms with Crippen molar-refractivity contribution in [3.05, 3.63) is 11.1 Å². The molecule has 1 rings (SSSR count). The molecule has 0 radical (unpaired) electrons. The first-order chi connectivity index (χ1) is 5.59. The maximum absolute atomic E-state index is 11.1. The van der Waals surface area contributed by atoms with Gasteiger partial charge >= 0.3 is 0 Å². The van der Waals surface area contributed by atoms with E-state index in [-0.39, 0.29) is 18.3 Å². The number of thiazole rings is 1. The summed E-state index contributed by atoms with van der Waals surface area (Å²) in [6.45, 7) is 3.51. The molecular formula is C7H12ClN3OS. The largest absolute Gasteiger partial charge is 0.320 e. The van der Waals surface area contributed by atoms with E-state index in [2.05, 4.69) is 10.3 Å². The third-order valence-electron chi connectivity index (χ3n) is 1.26. The molecule has 1 heterocycles. The zero-order valence-corrected chi connectivity index (χ0v) is 9.04. The average molecular weight is 222 g/mol. The van der Waals surface area contributed by atoms with Crippen LogP contribution in [0.5, 0.6) is 0 Å². The van der Waals surface area contributed by atoms with Crippen molar-refractivity contribution >= 4 is 34.8 Å². The molecule has 74 valence electrons. The highest BCUT2D eigenvalue weighted by atomic mass is 35.5. The van der Waals surface area contributed by atoms with E-state index in [1.54, 1.807) is 6.92 Å². The number of amides is 1. The lowest BCUT2D eigenvalue weighted by atomic mass is 10.3. The molecule has 4 nitrogen and oxygen atoms in total. The van der Waals surface area contributed by atoms with E-state index in [4.69, 9.17) is 5.73 Å². The molecule has 0 aliphatic heterocycles. The molecule has 0 spiro atoms. The molecule has 0 fully saturated rings. The van der Waals surface area contributed by atoms with Gasteiger partial charge in [0.1, 0.15) is 0 Å². The molecule has 0 saturated heterocycles. The summed E-state index contributed by atoms with van der Waals surface area (Å²) in [5.41, 5.74) is 6.26. The molecular weight excluding hydrogens is 210 g/mol. The summed E-state index contributed by atoms with van der Waals surface area (Å²) in [4.78, 5) is 15.1. The van der Waals surface area contributed by atoms with Crippen molar-refractivity contribution in [3.63, 3.8) is 0 Å². The molecule has 0 bridgehead atoms. The predicted molar refractivity (Wildman–Crippen MR) is 56.4 cm³/mol. The summed E-state index contributed by atoms with van der Waals surface area (Å²) in [6.07, 6.45) is 0. The SMILES string of the molecule is Cc1csc(NC(=O)C(C)N)n1.Cl. The first kappa shape index (κ1) is 12.3. The summed E-state index contributed by atoms with van der Waals surface area (Å²) in [6, 6.07) is -0.491. The Morgan fingerprint density at radius 2 is 2.38 bits per heavy atom. The molecule has 0 aromatic carbocycles. The van der Waals surface area contributed by atoms with Crippen LogP contribution in [0, 0.1) is 6.92 Å². The standard InChI is InChI=1S/C7H11N3OS.ClH/c1-4-3-12-7(9-4)10-6(11)5(2)8;/h3,5H,8H2,1-2H3,(H,9,10,11);1H. The van der Waals surface area contributed by atoms with E-state index < -0.39 is 6.04 Å². The molecule has 0 aliphatic rings. The Kier molecular flexibility index (Phi) is 4.90. The maximum atomic E-state index is 11.1. The number of nitrogens with zero attached hydrogens (tertiary/aromatic N) is 1. The molecule has 1 unspecified atom stereocenters. The fraction of sp³-hybridized carbons (Fsp3) is 0.429. The first-order valence-electron chi connectivity index (χ1n) is 3.58. The Morgan fingerprint density at radius 3 is 2.77 bits per heavy atom. The summed E-state index contributed by atoms with van der Waals surface area (Å²) >= 11 is 1.40. The number of hydrogen-bond acceptors (Lipinski definition) is 4. The fourth-order valence-corrected chi connectivity index (χ4v) is 1.32. The minimum absolute atomic E-state index is 0. The number of rotatable bonds is 2. The second-order valence-electron chi connectivity index (χ2n) is 2.57. The normalized spacial score (nSPS) is 11.6. The third-order valence-corrected chi connectivity index (χ3v) is 2.14. The predicted octanol–water partition coefficient (Wildman–Crippen LogP) is 1.16. The Balaban J connectivity index is 0.00000144. The van der Waals surface area contributed by atoms with Crippen LogP contribution in [0.2, 0.25) is 0 Å². The van der Waals surface area contributed by atoms with Gasteiger partial charge in [0, 0.05) is 5.38 Å². The Labute approximate surface area is 87.0 Å². The summed E-state index contributed by atoms with van der Waals surface area (Å²) in [5.74, 6) is -0.204. The number of anilines is 1. The van der Waals surface area contributed by atoms with Crippen LogP contribution in [0.15, 0.2) is 5.38 Å². The highest BCUT2D eigenvalue weighted by Crippen LogP contribution is 2.13. The van der Waals surface area contributed by atoms with E-state index in [9.17, 15) is 4.79 Å². The number of nitrogens with one attached hydrogen (secondary N) is 1. The Bertz CT molecular complexity index is 287. The number of nitrogens with two attached hydrogens (primary N) is 1. The number of carbonyl (C=O) groups excluding carboxylic acids is 1. The van der Waals surface area contributed by atoms with Gasteiger partial charge in [-0.2, -0.15) is 0 Å². The van der Waals surface area contributed by atoms with Crippen molar-refractivity contribution in [1.82, 2.24) is 4.98 Å². The van der Waals surface area contributed by atoms with Gasteiger partial charge in [-0.3, -0.25) is 4.79 Å². The lowest BCUT2D eigenvalue weighted by Crippen LogP contribution is -2.32. The van der Waals surface area contributed by atoms with E-state index in [0.29, 0.717) is 5.13 Å². The first-order valence-corrected chi connectivity index (χ1v) is 4.46.